The van der Waals surface area contributed by atoms with Crippen LogP contribution in [0, 0.1) is 0 Å². The van der Waals surface area contributed by atoms with E-state index in [1.165, 1.54) is 186 Å². The summed E-state index contributed by atoms with van der Waals surface area (Å²) in [5, 5.41) is 31.6. The lowest BCUT2D eigenvalue weighted by Gasteiger charge is -2.40. The number of aliphatic carboxylic acids is 1. The number of carbonyl (C=O) groups excluding carboxylic acids is 3. The lowest BCUT2D eigenvalue weighted by molar-refractivity contribution is -0.301. The first kappa shape index (κ1) is 76.0. The Morgan fingerprint density at radius 2 is 0.741 bits per heavy atom. The molecule has 0 aliphatic carbocycles. The number of aliphatic hydroxyl groups excluding tert-OH is 2. The third kappa shape index (κ3) is 46.9. The van der Waals surface area contributed by atoms with E-state index in [-0.39, 0.29) is 25.9 Å². The van der Waals surface area contributed by atoms with E-state index in [2.05, 4.69) is 57.2 Å². The molecule has 0 saturated carbocycles. The highest BCUT2D eigenvalue weighted by Crippen LogP contribution is 2.27. The molecule has 12 heteroatoms. The predicted octanol–water partition coefficient (Wildman–Crippen LogP) is 18.4. The summed E-state index contributed by atoms with van der Waals surface area (Å²) in [6, 6.07) is 0. The van der Waals surface area contributed by atoms with Crippen LogP contribution in [0.25, 0.3) is 0 Å². The summed E-state index contributed by atoms with van der Waals surface area (Å²) in [4.78, 5) is 51.4. The standard InChI is InChI=1S/C69H124O12/c1-4-7-10-13-16-19-22-25-28-30-31-33-35-37-40-43-46-49-52-55-61(70)77-58-60(79-62(71)56-53-50-47-44-41-38-34-27-24-21-18-15-12-9-6-3)59-78-69-67(65(74)64(73)66(81-69)68(75)76)80-63(72)57-54-51-48-45-42-39-36-32-29-26-23-20-17-14-11-8-5-2/h16,19,25-26,28-29,60,64-67,69,73-74H,4-15,17-18,20-24,27,30-59H2,1-3H3,(H,75,76)/b19-16-,28-25-,29-26-. The number of hydrogen-bond acceptors (Lipinski definition) is 11. The highest BCUT2D eigenvalue weighted by Gasteiger charge is 2.50. The van der Waals surface area contributed by atoms with E-state index < -0.39 is 67.3 Å². The third-order valence-corrected chi connectivity index (χ3v) is 15.7. The molecular weight excluding hydrogens is 1020 g/mol. The Morgan fingerprint density at radius 3 is 1.15 bits per heavy atom. The van der Waals surface area contributed by atoms with Crippen LogP contribution in [0.4, 0.5) is 0 Å². The van der Waals surface area contributed by atoms with E-state index in [0.29, 0.717) is 19.3 Å². The first-order chi connectivity index (χ1) is 39.6. The number of ether oxygens (including phenoxy) is 5. The average Bonchev–Trinajstić information content (AvgIpc) is 3.53. The number of hydrogen-bond donors (Lipinski definition) is 3. The van der Waals surface area contributed by atoms with Gasteiger partial charge in [-0.15, -0.1) is 0 Å². The summed E-state index contributed by atoms with van der Waals surface area (Å²) in [5.41, 5.74) is 0. The number of unbranched alkanes of at least 4 members (excludes halogenated alkanes) is 39. The molecule has 3 N–H and O–H groups in total. The quantitative estimate of drug-likeness (QED) is 0.0228. The fraction of sp³-hybridized carbons (Fsp3) is 0.855. The second-order valence-corrected chi connectivity index (χ2v) is 23.5. The van der Waals surface area contributed by atoms with Crippen molar-refractivity contribution >= 4 is 23.9 Å². The zero-order valence-electron chi connectivity index (χ0n) is 52.3. The Bertz CT molecular complexity index is 1550. The number of allylic oxidation sites excluding steroid dienone is 6. The fourth-order valence-corrected chi connectivity index (χ4v) is 10.5. The van der Waals surface area contributed by atoms with E-state index in [0.717, 1.165) is 83.5 Å². The highest BCUT2D eigenvalue weighted by atomic mass is 16.7. The number of esters is 3. The topological polar surface area (TPSA) is 175 Å². The van der Waals surface area contributed by atoms with Crippen LogP contribution in [-0.2, 0) is 42.9 Å². The minimum absolute atomic E-state index is 0.0591. The van der Waals surface area contributed by atoms with Gasteiger partial charge in [0.25, 0.3) is 0 Å². The monoisotopic (exact) mass is 1140 g/mol. The lowest BCUT2D eigenvalue weighted by atomic mass is 9.98. The van der Waals surface area contributed by atoms with Gasteiger partial charge in [0.2, 0.25) is 0 Å². The summed E-state index contributed by atoms with van der Waals surface area (Å²) in [6.07, 6.45) is 56.6. The van der Waals surface area contributed by atoms with Crippen molar-refractivity contribution in [3.05, 3.63) is 36.5 Å². The molecule has 472 valence electrons. The Hall–Kier alpha value is -3.06. The van der Waals surface area contributed by atoms with Gasteiger partial charge in [0.05, 0.1) is 6.61 Å². The van der Waals surface area contributed by atoms with Crippen LogP contribution < -0.4 is 0 Å². The molecule has 0 bridgehead atoms. The smallest absolute Gasteiger partial charge is 0.335 e. The van der Waals surface area contributed by atoms with Gasteiger partial charge in [-0.05, 0) is 77.0 Å². The highest BCUT2D eigenvalue weighted by molar-refractivity contribution is 5.74. The second-order valence-electron chi connectivity index (χ2n) is 23.5. The van der Waals surface area contributed by atoms with Crippen molar-refractivity contribution in [2.24, 2.45) is 0 Å². The van der Waals surface area contributed by atoms with Gasteiger partial charge < -0.3 is 39.0 Å². The molecule has 1 heterocycles. The molecule has 6 atom stereocenters. The van der Waals surface area contributed by atoms with Crippen molar-refractivity contribution in [3.63, 3.8) is 0 Å². The van der Waals surface area contributed by atoms with Crippen LogP contribution in [0.15, 0.2) is 36.5 Å². The van der Waals surface area contributed by atoms with Gasteiger partial charge in [0, 0.05) is 19.3 Å². The minimum Gasteiger partial charge on any atom is -0.479 e. The van der Waals surface area contributed by atoms with E-state index in [9.17, 15) is 34.5 Å². The average molecular weight is 1150 g/mol. The summed E-state index contributed by atoms with van der Waals surface area (Å²) < 4.78 is 28.6. The van der Waals surface area contributed by atoms with Crippen LogP contribution in [-0.4, -0.2) is 89.2 Å². The largest absolute Gasteiger partial charge is 0.479 e. The van der Waals surface area contributed by atoms with E-state index in [1.807, 2.05) is 0 Å². The van der Waals surface area contributed by atoms with Crippen LogP contribution in [0.2, 0.25) is 0 Å². The molecule has 0 amide bonds. The van der Waals surface area contributed by atoms with E-state index in [1.54, 1.807) is 0 Å². The van der Waals surface area contributed by atoms with Crippen molar-refractivity contribution in [1.82, 2.24) is 0 Å². The fourth-order valence-electron chi connectivity index (χ4n) is 10.5. The molecule has 6 unspecified atom stereocenters. The van der Waals surface area contributed by atoms with Gasteiger partial charge in [0.15, 0.2) is 24.6 Å². The van der Waals surface area contributed by atoms with Crippen LogP contribution in [0.3, 0.4) is 0 Å². The molecule has 0 spiro atoms. The third-order valence-electron chi connectivity index (χ3n) is 15.7. The summed E-state index contributed by atoms with van der Waals surface area (Å²) >= 11 is 0. The molecule has 1 fully saturated rings. The predicted molar refractivity (Wildman–Crippen MR) is 331 cm³/mol. The van der Waals surface area contributed by atoms with E-state index in [4.69, 9.17) is 23.7 Å². The maximum atomic E-state index is 13.2. The Morgan fingerprint density at radius 1 is 0.407 bits per heavy atom. The number of carboxylic acid groups (broad SMARTS) is 1. The zero-order chi connectivity index (χ0) is 58.9. The molecule has 1 rings (SSSR count). The Balaban J connectivity index is 2.63. The van der Waals surface area contributed by atoms with E-state index >= 15 is 0 Å². The van der Waals surface area contributed by atoms with Crippen LogP contribution in [0.5, 0.6) is 0 Å². The molecule has 0 aromatic rings. The molecule has 1 aliphatic heterocycles. The van der Waals surface area contributed by atoms with Crippen LogP contribution in [0.1, 0.15) is 329 Å². The number of carboxylic acids is 1. The number of rotatable bonds is 59. The first-order valence-electron chi connectivity index (χ1n) is 34.0. The SMILES string of the molecule is CCCCC/C=C\C/C=C\CCCCCCCCCCCC(=O)OCC(COC1OC(C(=O)O)C(O)C(O)C1OC(=O)CCCCCCCCC/C=C\CCCCCCCC)OC(=O)CCCCCCCCCCCCCCCCC. The molecule has 0 radical (unpaired) electrons. The van der Waals surface area contributed by atoms with Gasteiger partial charge in [-0.3, -0.25) is 14.4 Å². The summed E-state index contributed by atoms with van der Waals surface area (Å²) in [5.74, 6) is -3.09. The van der Waals surface area contributed by atoms with Crippen molar-refractivity contribution in [3.8, 4) is 0 Å². The molecule has 1 aliphatic rings. The molecule has 0 aromatic heterocycles. The maximum Gasteiger partial charge on any atom is 0.335 e. The van der Waals surface area contributed by atoms with Gasteiger partial charge >= 0.3 is 23.9 Å². The molecular formula is C69H124O12. The van der Waals surface area contributed by atoms with Crippen molar-refractivity contribution in [1.29, 1.82) is 0 Å². The van der Waals surface area contributed by atoms with Crippen LogP contribution >= 0.6 is 0 Å². The number of aliphatic hydroxyl groups is 2. The summed E-state index contributed by atoms with van der Waals surface area (Å²) in [7, 11) is 0. The number of carbonyl (C=O) groups is 4. The lowest BCUT2D eigenvalue weighted by Crippen LogP contribution is -2.61. The van der Waals surface area contributed by atoms with Gasteiger partial charge in [0.1, 0.15) is 18.8 Å². The van der Waals surface area contributed by atoms with Crippen molar-refractivity contribution in [2.45, 2.75) is 366 Å². The maximum absolute atomic E-state index is 13.2. The second kappa shape index (κ2) is 57.4. The van der Waals surface area contributed by atoms with Gasteiger partial charge in [-0.1, -0.05) is 269 Å². The molecule has 1 saturated heterocycles. The molecule has 12 nitrogen and oxygen atoms in total. The van der Waals surface area contributed by atoms with Gasteiger partial charge in [-0.25, -0.2) is 4.79 Å². The minimum atomic E-state index is -1.90. The van der Waals surface area contributed by atoms with Crippen molar-refractivity contribution in [2.75, 3.05) is 13.2 Å². The van der Waals surface area contributed by atoms with Gasteiger partial charge in [-0.2, -0.15) is 0 Å². The molecule has 0 aromatic carbocycles. The normalized spacial score (nSPS) is 17.9. The summed E-state index contributed by atoms with van der Waals surface area (Å²) in [6.45, 7) is 6.02. The van der Waals surface area contributed by atoms with Crippen molar-refractivity contribution < 1.29 is 58.2 Å². The Labute approximate surface area is 495 Å². The first-order valence-corrected chi connectivity index (χ1v) is 34.0. The zero-order valence-corrected chi connectivity index (χ0v) is 52.3. The Kier molecular flexibility index (Phi) is 53.8. The molecule has 81 heavy (non-hydrogen) atoms.